The number of nitrogens with zero attached hydrogens (tertiary/aromatic N) is 2. The molecule has 7 nitrogen and oxygen atoms in total. The average Bonchev–Trinajstić information content (AvgIpc) is 3.16. The minimum Gasteiger partial charge on any atom is -0.397 e. The SMILES string of the molecule is Br.Br.CCO.Clc1cc(CBr)c(CBr)cc1Cl.NC(=Nc1cccc(Cl)c1)SCc1cc(Cl)c(Cl)cc1CSC(N)=Nc1cccc(Cl)c1.NC(=S)Nc1cccc(Cl)c1. The lowest BCUT2D eigenvalue weighted by Crippen LogP contribution is -2.18. The molecule has 60 heavy (non-hydrogen) atoms. The first-order chi connectivity index (χ1) is 27.6. The minimum absolute atomic E-state index is 0. The van der Waals surface area contributed by atoms with Crippen LogP contribution < -0.4 is 22.5 Å². The van der Waals surface area contributed by atoms with Crippen molar-refractivity contribution >= 4 is 215 Å². The quantitative estimate of drug-likeness (QED) is 0.0426. The number of aliphatic hydroxyl groups is 1. The van der Waals surface area contributed by atoms with Gasteiger partial charge in [0.1, 0.15) is 0 Å². The molecular formula is C39H39Br4Cl7N6OS3. The maximum absolute atomic E-state index is 7.57. The summed E-state index contributed by atoms with van der Waals surface area (Å²) in [4.78, 5) is 8.78. The van der Waals surface area contributed by atoms with E-state index in [1.807, 2.05) is 60.7 Å². The number of benzene rings is 5. The number of alkyl halides is 2. The Kier molecular flexibility index (Phi) is 32.6. The van der Waals surface area contributed by atoms with Gasteiger partial charge in [-0.1, -0.05) is 155 Å². The number of aliphatic imine (C=N–C) groups is 2. The number of halogens is 11. The minimum atomic E-state index is 0. The Morgan fingerprint density at radius 3 is 1.25 bits per heavy atom. The van der Waals surface area contributed by atoms with Gasteiger partial charge < -0.3 is 27.6 Å². The Balaban J connectivity index is 0.00000102. The zero-order valence-electron chi connectivity index (χ0n) is 31.3. The summed E-state index contributed by atoms with van der Waals surface area (Å²) in [6.07, 6.45) is 0. The number of hydrogen-bond acceptors (Lipinski definition) is 6. The standard InChI is InChI=1S/C22H18Cl4N4S2.C8H6Br2Cl2.C7H7ClN2S.C2H6O.2BrH/c23-15-3-1-5-17(9-15)29-21(27)31-11-13-7-19(25)20(26)8-14(13)12-32-22(28)30-18-6-2-4-16(24)10-18;9-3-5-1-7(11)8(12)2-6(5)4-10;8-5-2-1-3-6(4-5)10-7(9)11;1-2-3;;/h1-10H,11-12H2,(H2,27,29)(H2,28,30);1-2H,3-4H2;1-4H,(H3,9,10,11);3H,2H2,1H3;2*1H. The molecule has 5 aromatic carbocycles. The molecule has 0 spiro atoms. The summed E-state index contributed by atoms with van der Waals surface area (Å²) in [5, 5.41) is 17.0. The first-order valence-electron chi connectivity index (χ1n) is 16.5. The summed E-state index contributed by atoms with van der Waals surface area (Å²) < 4.78 is 0. The molecule has 0 aliphatic carbocycles. The molecule has 0 unspecified atom stereocenters. The molecule has 0 fully saturated rings. The highest BCUT2D eigenvalue weighted by atomic mass is 79.9. The fourth-order valence-corrected chi connectivity index (χ4v) is 8.15. The lowest BCUT2D eigenvalue weighted by atomic mass is 10.1. The molecule has 0 radical (unpaired) electrons. The third kappa shape index (κ3) is 23.9. The van der Waals surface area contributed by atoms with Gasteiger partial charge in [-0.3, -0.25) is 0 Å². The number of thiocarbonyl (C=S) groups is 1. The molecule has 0 aromatic heterocycles. The van der Waals surface area contributed by atoms with E-state index in [0.717, 1.165) is 27.5 Å². The molecule has 8 N–H and O–H groups in total. The molecule has 5 aromatic rings. The molecule has 21 heteroatoms. The monoisotopic (exact) mass is 1260 g/mol. The van der Waals surface area contributed by atoms with E-state index in [1.165, 1.54) is 34.7 Å². The van der Waals surface area contributed by atoms with Crippen LogP contribution in [0.2, 0.25) is 35.2 Å². The van der Waals surface area contributed by atoms with Crippen LogP contribution in [0, 0.1) is 0 Å². The molecule has 0 aliphatic heterocycles. The van der Waals surface area contributed by atoms with Crippen LogP contribution in [0.25, 0.3) is 0 Å². The fourth-order valence-electron chi connectivity index (χ4n) is 4.20. The molecule has 0 atom stereocenters. The molecule has 0 aliphatic rings. The number of aliphatic hydroxyl groups excluding tert-OH is 1. The second-order valence-corrected chi connectivity index (χ2v) is 17.6. The van der Waals surface area contributed by atoms with Gasteiger partial charge in [0.25, 0.3) is 0 Å². The molecule has 326 valence electrons. The zero-order chi connectivity index (χ0) is 43.2. The van der Waals surface area contributed by atoms with Crippen molar-refractivity contribution in [1.82, 2.24) is 0 Å². The van der Waals surface area contributed by atoms with Crippen molar-refractivity contribution in [3.8, 4) is 0 Å². The van der Waals surface area contributed by atoms with Crippen molar-refractivity contribution in [2.45, 2.75) is 29.1 Å². The number of rotatable bonds is 9. The third-order valence-corrected chi connectivity index (χ3v) is 11.9. The molecular weight excluding hydrogens is 1230 g/mol. The van der Waals surface area contributed by atoms with Gasteiger partial charge in [0.2, 0.25) is 0 Å². The Morgan fingerprint density at radius 2 is 0.933 bits per heavy atom. The van der Waals surface area contributed by atoms with Gasteiger partial charge in [-0.2, -0.15) is 0 Å². The van der Waals surface area contributed by atoms with Crippen molar-refractivity contribution in [3.63, 3.8) is 0 Å². The number of amidine groups is 2. The van der Waals surface area contributed by atoms with Gasteiger partial charge in [-0.05, 0) is 120 Å². The first-order valence-corrected chi connectivity index (χ1v) is 23.8. The maximum Gasteiger partial charge on any atom is 0.168 e. The summed E-state index contributed by atoms with van der Waals surface area (Å²) in [7, 11) is 0. The van der Waals surface area contributed by atoms with Gasteiger partial charge in [-0.15, -0.1) is 34.0 Å². The largest absolute Gasteiger partial charge is 0.397 e. The number of nitrogens with two attached hydrogens (primary N) is 3. The summed E-state index contributed by atoms with van der Waals surface area (Å²) in [5.74, 6) is 1.13. The van der Waals surface area contributed by atoms with Crippen molar-refractivity contribution in [3.05, 3.63) is 154 Å². The van der Waals surface area contributed by atoms with Crippen LogP contribution >= 0.6 is 183 Å². The van der Waals surface area contributed by atoms with Crippen LogP contribution in [0.1, 0.15) is 29.2 Å². The van der Waals surface area contributed by atoms with E-state index in [-0.39, 0.29) is 45.7 Å². The van der Waals surface area contributed by atoms with Crippen molar-refractivity contribution in [1.29, 1.82) is 0 Å². The van der Waals surface area contributed by atoms with E-state index in [2.05, 4.69) is 59.4 Å². The molecule has 0 saturated heterocycles. The van der Waals surface area contributed by atoms with E-state index in [1.54, 1.807) is 43.3 Å². The fraction of sp³-hybridized carbons (Fsp3) is 0.154. The van der Waals surface area contributed by atoms with Crippen LogP contribution in [0.5, 0.6) is 0 Å². The number of nitrogens with one attached hydrogen (secondary N) is 1. The second-order valence-electron chi connectivity index (χ2n) is 11.1. The average molecular weight is 1270 g/mol. The van der Waals surface area contributed by atoms with Crippen LogP contribution in [0.4, 0.5) is 17.1 Å². The van der Waals surface area contributed by atoms with E-state index in [4.69, 9.17) is 104 Å². The van der Waals surface area contributed by atoms with Gasteiger partial charge >= 0.3 is 0 Å². The van der Waals surface area contributed by atoms with Gasteiger partial charge in [0.15, 0.2) is 15.4 Å². The zero-order valence-corrected chi connectivity index (χ0v) is 45.6. The topological polar surface area (TPSA) is 135 Å². The van der Waals surface area contributed by atoms with Gasteiger partial charge in [-0.25, -0.2) is 9.98 Å². The summed E-state index contributed by atoms with van der Waals surface area (Å²) >= 11 is 56.1. The molecule has 5 rings (SSSR count). The van der Waals surface area contributed by atoms with Crippen LogP contribution in [-0.2, 0) is 22.2 Å². The number of thioether (sulfide) groups is 2. The summed E-state index contributed by atoms with van der Waals surface area (Å²) in [6.45, 7) is 1.93. The molecule has 0 heterocycles. The Labute approximate surface area is 438 Å². The summed E-state index contributed by atoms with van der Waals surface area (Å²) in [5.41, 5.74) is 23.9. The first kappa shape index (κ1) is 59.3. The lowest BCUT2D eigenvalue weighted by molar-refractivity contribution is 0.318. The lowest BCUT2D eigenvalue weighted by Gasteiger charge is -2.11. The predicted octanol–water partition coefficient (Wildman–Crippen LogP) is 16.0. The Morgan fingerprint density at radius 1 is 0.600 bits per heavy atom. The molecule has 0 saturated carbocycles. The normalized spacial score (nSPS) is 10.6. The van der Waals surface area contributed by atoms with E-state index >= 15 is 0 Å². The van der Waals surface area contributed by atoms with E-state index in [0.29, 0.717) is 68.4 Å². The third-order valence-electron chi connectivity index (χ3n) is 6.71. The molecule has 0 bridgehead atoms. The second kappa shape index (κ2) is 32.9. The Bertz CT molecular complexity index is 2060. The van der Waals surface area contributed by atoms with Crippen molar-refractivity contribution in [2.24, 2.45) is 27.2 Å². The van der Waals surface area contributed by atoms with Gasteiger partial charge in [0, 0.05) is 49.5 Å². The van der Waals surface area contributed by atoms with Crippen molar-refractivity contribution < 1.29 is 5.11 Å². The highest BCUT2D eigenvalue weighted by Crippen LogP contribution is 2.32. The van der Waals surface area contributed by atoms with E-state index in [9.17, 15) is 0 Å². The smallest absolute Gasteiger partial charge is 0.168 e. The van der Waals surface area contributed by atoms with Crippen LogP contribution in [-0.4, -0.2) is 27.2 Å². The molecule has 0 amide bonds. The Hall–Kier alpha value is -0.660. The number of anilines is 1. The van der Waals surface area contributed by atoms with Gasteiger partial charge in [0.05, 0.1) is 31.5 Å². The van der Waals surface area contributed by atoms with Crippen LogP contribution in [0.15, 0.2) is 107 Å². The summed E-state index contributed by atoms with van der Waals surface area (Å²) in [6, 6.07) is 29.0. The highest BCUT2D eigenvalue weighted by Gasteiger charge is 2.11. The highest BCUT2D eigenvalue weighted by molar-refractivity contribution is 9.09. The van der Waals surface area contributed by atoms with Crippen molar-refractivity contribution in [2.75, 3.05) is 11.9 Å². The van der Waals surface area contributed by atoms with Crippen LogP contribution in [0.3, 0.4) is 0 Å². The maximum atomic E-state index is 7.57. The predicted molar refractivity (Wildman–Crippen MR) is 292 cm³/mol. The van der Waals surface area contributed by atoms with E-state index < -0.39 is 0 Å². The number of hydrogen-bond donors (Lipinski definition) is 5.